The second kappa shape index (κ2) is 4.01. The van der Waals surface area contributed by atoms with E-state index in [0.29, 0.717) is 5.69 Å². The molecule has 0 aliphatic heterocycles. The van der Waals surface area contributed by atoms with Gasteiger partial charge in [0.15, 0.2) is 5.58 Å². The highest BCUT2D eigenvalue weighted by Crippen LogP contribution is 2.40. The molecule has 1 aromatic heterocycles. The Morgan fingerprint density at radius 3 is 2.23 bits per heavy atom. The van der Waals surface area contributed by atoms with E-state index in [4.69, 9.17) is 10.2 Å². The summed E-state index contributed by atoms with van der Waals surface area (Å²) in [6.07, 6.45) is 0. The maximum absolute atomic E-state index is 6.24. The van der Waals surface area contributed by atoms with Gasteiger partial charge in [0.05, 0.1) is 5.69 Å². The number of rotatable bonds is 0. The van der Waals surface area contributed by atoms with Gasteiger partial charge >= 0.3 is 0 Å². The molecule has 1 heterocycles. The van der Waals surface area contributed by atoms with E-state index in [9.17, 15) is 0 Å². The third kappa shape index (κ3) is 1.39. The fourth-order valence-corrected chi connectivity index (χ4v) is 3.38. The summed E-state index contributed by atoms with van der Waals surface area (Å²) in [7, 11) is 0. The van der Waals surface area contributed by atoms with Gasteiger partial charge < -0.3 is 10.2 Å². The number of anilines is 1. The molecule has 4 aromatic carbocycles. The first kappa shape index (κ1) is 11.6. The summed E-state index contributed by atoms with van der Waals surface area (Å²) in [6, 6.07) is 22.8. The number of fused-ring (bicyclic) bond motifs is 7. The number of benzene rings is 4. The highest BCUT2D eigenvalue weighted by molar-refractivity contribution is 6.25. The van der Waals surface area contributed by atoms with Crippen LogP contribution in [-0.4, -0.2) is 0 Å². The first-order chi connectivity index (χ1) is 10.8. The van der Waals surface area contributed by atoms with Crippen LogP contribution in [0.1, 0.15) is 0 Å². The fraction of sp³-hybridized carbons (Fsp3) is 0. The molecule has 0 unspecified atom stereocenters. The smallest absolute Gasteiger partial charge is 0.158 e. The molecule has 0 radical (unpaired) electrons. The van der Waals surface area contributed by atoms with E-state index in [2.05, 4.69) is 42.5 Å². The quantitative estimate of drug-likeness (QED) is 0.382. The van der Waals surface area contributed by atoms with Crippen molar-refractivity contribution in [2.24, 2.45) is 0 Å². The first-order valence-corrected chi connectivity index (χ1v) is 7.34. The third-order valence-electron chi connectivity index (χ3n) is 4.38. The summed E-state index contributed by atoms with van der Waals surface area (Å²) >= 11 is 0. The van der Waals surface area contributed by atoms with Crippen molar-refractivity contribution >= 4 is 49.2 Å². The van der Waals surface area contributed by atoms with Crippen molar-refractivity contribution in [1.82, 2.24) is 0 Å². The minimum Gasteiger partial charge on any atom is -0.453 e. The maximum Gasteiger partial charge on any atom is 0.158 e. The second-order valence-corrected chi connectivity index (χ2v) is 5.66. The molecule has 0 bridgehead atoms. The molecule has 104 valence electrons. The number of nitrogens with two attached hydrogens (primary N) is 1. The lowest BCUT2D eigenvalue weighted by Crippen LogP contribution is -1.85. The Balaban J connectivity index is 2.14. The van der Waals surface area contributed by atoms with Crippen molar-refractivity contribution < 1.29 is 4.42 Å². The Morgan fingerprint density at radius 1 is 0.636 bits per heavy atom. The van der Waals surface area contributed by atoms with E-state index in [1.165, 1.54) is 10.8 Å². The van der Waals surface area contributed by atoms with Crippen molar-refractivity contribution in [3.63, 3.8) is 0 Å². The topological polar surface area (TPSA) is 39.2 Å². The number of hydrogen-bond donors (Lipinski definition) is 1. The van der Waals surface area contributed by atoms with Crippen LogP contribution in [0.25, 0.3) is 43.5 Å². The van der Waals surface area contributed by atoms with Gasteiger partial charge in [0.25, 0.3) is 0 Å². The maximum atomic E-state index is 6.24. The summed E-state index contributed by atoms with van der Waals surface area (Å²) in [5, 5.41) is 6.86. The molecule has 0 fully saturated rings. The van der Waals surface area contributed by atoms with E-state index in [1.807, 2.05) is 24.3 Å². The van der Waals surface area contributed by atoms with E-state index in [1.54, 1.807) is 0 Å². The molecule has 0 amide bonds. The van der Waals surface area contributed by atoms with Crippen LogP contribution in [0.4, 0.5) is 5.69 Å². The molecule has 0 aliphatic rings. The van der Waals surface area contributed by atoms with Gasteiger partial charge in [0.2, 0.25) is 0 Å². The normalized spacial score (nSPS) is 11.8. The minimum absolute atomic E-state index is 0.689. The average Bonchev–Trinajstić information content (AvgIpc) is 2.96. The lowest BCUT2D eigenvalue weighted by atomic mass is 10.0. The monoisotopic (exact) mass is 283 g/mol. The predicted molar refractivity (Wildman–Crippen MR) is 93.1 cm³/mol. The van der Waals surface area contributed by atoms with Crippen LogP contribution in [0.15, 0.2) is 71.1 Å². The van der Waals surface area contributed by atoms with Gasteiger partial charge in [0, 0.05) is 16.2 Å². The van der Waals surface area contributed by atoms with Crippen molar-refractivity contribution in [3.05, 3.63) is 66.7 Å². The van der Waals surface area contributed by atoms with Crippen LogP contribution in [0.2, 0.25) is 0 Å². The molecular weight excluding hydrogens is 270 g/mol. The van der Waals surface area contributed by atoms with Crippen molar-refractivity contribution in [2.45, 2.75) is 0 Å². The zero-order valence-corrected chi connectivity index (χ0v) is 11.8. The summed E-state index contributed by atoms with van der Waals surface area (Å²) < 4.78 is 6.18. The third-order valence-corrected chi connectivity index (χ3v) is 4.38. The molecule has 0 saturated heterocycles. The number of nitrogen functional groups attached to an aromatic ring is 1. The minimum atomic E-state index is 0.689. The molecule has 0 saturated carbocycles. The van der Waals surface area contributed by atoms with Gasteiger partial charge in [-0.2, -0.15) is 0 Å². The molecule has 5 rings (SSSR count). The number of hydrogen-bond acceptors (Lipinski definition) is 2. The van der Waals surface area contributed by atoms with E-state index >= 15 is 0 Å². The molecular formula is C20H13NO. The van der Waals surface area contributed by atoms with Crippen LogP contribution in [0.5, 0.6) is 0 Å². The van der Waals surface area contributed by atoms with Gasteiger partial charge in [-0.3, -0.25) is 0 Å². The molecule has 2 heteroatoms. The summed E-state index contributed by atoms with van der Waals surface area (Å²) in [5.41, 5.74) is 8.62. The van der Waals surface area contributed by atoms with Gasteiger partial charge in [-0.1, -0.05) is 54.6 Å². The van der Waals surface area contributed by atoms with Crippen LogP contribution in [0.3, 0.4) is 0 Å². The standard InChI is InChI=1S/C20H13NO/c21-17-11-13-6-2-3-7-14(13)18-16-10-9-12-5-1-4-8-15(12)19(16)22-20(17)18/h1-11H,21H2. The Labute approximate surface area is 126 Å². The molecule has 0 spiro atoms. The molecule has 5 aromatic rings. The van der Waals surface area contributed by atoms with Gasteiger partial charge in [-0.25, -0.2) is 0 Å². The van der Waals surface area contributed by atoms with Crippen LogP contribution < -0.4 is 5.73 Å². The molecule has 0 atom stereocenters. The predicted octanol–water partition coefficient (Wildman–Crippen LogP) is 5.47. The van der Waals surface area contributed by atoms with Gasteiger partial charge in [-0.15, -0.1) is 0 Å². The summed E-state index contributed by atoms with van der Waals surface area (Å²) in [5.74, 6) is 0. The summed E-state index contributed by atoms with van der Waals surface area (Å²) in [4.78, 5) is 0. The van der Waals surface area contributed by atoms with E-state index in [-0.39, 0.29) is 0 Å². The highest BCUT2D eigenvalue weighted by Gasteiger charge is 2.15. The van der Waals surface area contributed by atoms with Gasteiger partial charge in [-0.05, 0) is 28.3 Å². The summed E-state index contributed by atoms with van der Waals surface area (Å²) in [6.45, 7) is 0. The SMILES string of the molecule is Nc1cc2ccccc2c2c1oc1c3ccccc3ccc12. The Morgan fingerprint density at radius 2 is 1.36 bits per heavy atom. The molecule has 22 heavy (non-hydrogen) atoms. The average molecular weight is 283 g/mol. The molecule has 2 N–H and O–H groups in total. The van der Waals surface area contributed by atoms with E-state index < -0.39 is 0 Å². The van der Waals surface area contributed by atoms with Crippen molar-refractivity contribution in [3.8, 4) is 0 Å². The van der Waals surface area contributed by atoms with Crippen LogP contribution in [0, 0.1) is 0 Å². The van der Waals surface area contributed by atoms with Crippen LogP contribution in [-0.2, 0) is 0 Å². The highest BCUT2D eigenvalue weighted by atomic mass is 16.3. The van der Waals surface area contributed by atoms with Gasteiger partial charge in [0.1, 0.15) is 5.58 Å². The second-order valence-electron chi connectivity index (χ2n) is 5.66. The fourth-order valence-electron chi connectivity index (χ4n) is 3.38. The van der Waals surface area contributed by atoms with Crippen LogP contribution >= 0.6 is 0 Å². The molecule has 0 aliphatic carbocycles. The lowest BCUT2D eigenvalue weighted by Gasteiger charge is -2.02. The zero-order valence-electron chi connectivity index (χ0n) is 11.8. The lowest BCUT2D eigenvalue weighted by molar-refractivity contribution is 0.674. The first-order valence-electron chi connectivity index (χ1n) is 7.34. The Kier molecular flexibility index (Phi) is 2.12. The van der Waals surface area contributed by atoms with E-state index in [0.717, 1.165) is 32.7 Å². The molecule has 2 nitrogen and oxygen atoms in total. The Hall–Kier alpha value is -3.00. The van der Waals surface area contributed by atoms with Crippen molar-refractivity contribution in [1.29, 1.82) is 0 Å². The van der Waals surface area contributed by atoms with Crippen molar-refractivity contribution in [2.75, 3.05) is 5.73 Å². The zero-order chi connectivity index (χ0) is 14.7. The number of furan rings is 1. The largest absolute Gasteiger partial charge is 0.453 e. The Bertz CT molecular complexity index is 1180.